The normalized spacial score (nSPS) is 11.7. The van der Waals surface area contributed by atoms with Gasteiger partial charge in [0.25, 0.3) is 0 Å². The van der Waals surface area contributed by atoms with Crippen molar-refractivity contribution in [1.29, 1.82) is 0 Å². The first-order chi connectivity index (χ1) is 5.41. The molecule has 0 bridgehead atoms. The summed E-state index contributed by atoms with van der Waals surface area (Å²) in [6.07, 6.45) is -3.49. The fraction of sp³-hybridized carbons (Fsp3) is 0.200. The van der Waals surface area contributed by atoms with Gasteiger partial charge in [0, 0.05) is 0 Å². The number of nitrogen functional groups attached to an aromatic ring is 1. The zero-order valence-corrected chi connectivity index (χ0v) is 7.15. The average Bonchev–Trinajstić information content (AvgIpc) is 1.92. The van der Waals surface area contributed by atoms with E-state index in [1.807, 2.05) is 0 Å². The predicted octanol–water partition coefficient (Wildman–Crippen LogP) is 1.84. The van der Waals surface area contributed by atoms with Crippen molar-refractivity contribution in [2.75, 3.05) is 5.73 Å². The zero-order chi connectivity index (χ0) is 9.35. The molecule has 1 aromatic heterocycles. The van der Waals surface area contributed by atoms with E-state index < -0.39 is 11.9 Å². The lowest BCUT2D eigenvalue weighted by atomic mass is 10.4. The van der Waals surface area contributed by atoms with Gasteiger partial charge in [-0.3, -0.25) is 0 Å². The van der Waals surface area contributed by atoms with Crippen molar-refractivity contribution in [2.24, 2.45) is 0 Å². The quantitative estimate of drug-likeness (QED) is 0.755. The second kappa shape index (κ2) is 2.89. The first-order valence-electron chi connectivity index (χ1n) is 2.76. The van der Waals surface area contributed by atoms with Crippen molar-refractivity contribution < 1.29 is 13.2 Å². The Morgan fingerprint density at radius 1 is 1.42 bits per heavy atom. The summed E-state index contributed by atoms with van der Waals surface area (Å²) in [5.41, 5.74) is 3.92. The van der Waals surface area contributed by atoms with E-state index in [0.717, 1.165) is 6.20 Å². The highest BCUT2D eigenvalue weighted by Gasteiger charge is 2.35. The minimum Gasteiger partial charge on any atom is -0.382 e. The van der Waals surface area contributed by atoms with Gasteiger partial charge in [0.2, 0.25) is 0 Å². The van der Waals surface area contributed by atoms with Crippen LogP contribution in [0.25, 0.3) is 0 Å². The number of aromatic nitrogens is 2. The van der Waals surface area contributed by atoms with Crippen LogP contribution in [0.15, 0.2) is 10.8 Å². The van der Waals surface area contributed by atoms with E-state index >= 15 is 0 Å². The molecule has 0 spiro atoms. The smallest absolute Gasteiger partial charge is 0.382 e. The van der Waals surface area contributed by atoms with E-state index in [-0.39, 0.29) is 10.4 Å². The van der Waals surface area contributed by atoms with Gasteiger partial charge in [-0.15, -0.1) is 0 Å². The average molecular weight is 242 g/mol. The lowest BCUT2D eigenvalue weighted by molar-refractivity contribution is -0.142. The Kier molecular flexibility index (Phi) is 2.22. The molecule has 7 heteroatoms. The Morgan fingerprint density at radius 2 is 2.00 bits per heavy atom. The van der Waals surface area contributed by atoms with Gasteiger partial charge in [0.05, 0.1) is 6.20 Å². The number of hydrogen-bond acceptors (Lipinski definition) is 3. The maximum atomic E-state index is 12.0. The molecule has 0 aliphatic carbocycles. The van der Waals surface area contributed by atoms with Crippen molar-refractivity contribution in [2.45, 2.75) is 6.18 Å². The summed E-state index contributed by atoms with van der Waals surface area (Å²) in [6.45, 7) is 0. The van der Waals surface area contributed by atoms with Crippen molar-refractivity contribution in [3.8, 4) is 0 Å². The van der Waals surface area contributed by atoms with Gasteiger partial charge in [0.15, 0.2) is 5.69 Å². The molecule has 1 aromatic rings. The maximum Gasteiger partial charge on any atom is 0.436 e. The third-order valence-corrected chi connectivity index (χ3v) is 1.60. The fourth-order valence-corrected chi connectivity index (χ4v) is 0.984. The predicted molar refractivity (Wildman–Crippen MR) is 39.1 cm³/mol. The SMILES string of the molecule is Nc1cnc(Br)c(C(F)(F)F)n1. The molecular formula is C5H3BrF3N3. The summed E-state index contributed by atoms with van der Waals surface area (Å²) < 4.78 is 35.8. The van der Waals surface area contributed by atoms with Gasteiger partial charge in [-0.1, -0.05) is 0 Å². The molecule has 0 aromatic carbocycles. The van der Waals surface area contributed by atoms with Crippen LogP contribution in [-0.2, 0) is 6.18 Å². The van der Waals surface area contributed by atoms with Crippen LogP contribution >= 0.6 is 15.9 Å². The third kappa shape index (κ3) is 1.84. The number of nitrogens with zero attached hydrogens (tertiary/aromatic N) is 2. The molecule has 1 heterocycles. The van der Waals surface area contributed by atoms with Crippen LogP contribution < -0.4 is 5.73 Å². The first-order valence-corrected chi connectivity index (χ1v) is 3.56. The Hall–Kier alpha value is -0.850. The van der Waals surface area contributed by atoms with E-state index in [1.54, 1.807) is 0 Å². The molecule has 0 saturated carbocycles. The van der Waals surface area contributed by atoms with Gasteiger partial charge in [-0.05, 0) is 15.9 Å². The summed E-state index contributed by atoms with van der Waals surface area (Å²) in [6, 6.07) is 0. The third-order valence-electron chi connectivity index (χ3n) is 1.01. The molecule has 1 rings (SSSR count). The monoisotopic (exact) mass is 241 g/mol. The van der Waals surface area contributed by atoms with Crippen molar-refractivity contribution in [3.05, 3.63) is 16.5 Å². The Morgan fingerprint density at radius 3 is 2.42 bits per heavy atom. The van der Waals surface area contributed by atoms with E-state index in [2.05, 4.69) is 25.9 Å². The topological polar surface area (TPSA) is 51.8 Å². The standard InChI is InChI=1S/C5H3BrF3N3/c6-4-3(5(7,8)9)12-2(10)1-11-4/h1H,(H2,10,12). The lowest BCUT2D eigenvalue weighted by Gasteiger charge is -2.06. The molecule has 2 N–H and O–H groups in total. The molecule has 0 atom stereocenters. The van der Waals surface area contributed by atoms with Gasteiger partial charge >= 0.3 is 6.18 Å². The summed E-state index contributed by atoms with van der Waals surface area (Å²) in [7, 11) is 0. The van der Waals surface area contributed by atoms with Crippen molar-refractivity contribution in [1.82, 2.24) is 9.97 Å². The highest BCUT2D eigenvalue weighted by atomic mass is 79.9. The van der Waals surface area contributed by atoms with Crippen LogP contribution in [0.5, 0.6) is 0 Å². The van der Waals surface area contributed by atoms with Crippen LogP contribution in [0.3, 0.4) is 0 Å². The Balaban J connectivity index is 3.23. The largest absolute Gasteiger partial charge is 0.436 e. The van der Waals surface area contributed by atoms with Crippen molar-refractivity contribution >= 4 is 21.7 Å². The number of alkyl halides is 3. The number of anilines is 1. The van der Waals surface area contributed by atoms with E-state index in [9.17, 15) is 13.2 Å². The van der Waals surface area contributed by atoms with Crippen LogP contribution in [-0.4, -0.2) is 9.97 Å². The highest BCUT2D eigenvalue weighted by molar-refractivity contribution is 9.10. The first kappa shape index (κ1) is 9.24. The molecule has 0 amide bonds. The molecule has 0 aliphatic rings. The second-order valence-electron chi connectivity index (χ2n) is 1.93. The number of rotatable bonds is 0. The van der Waals surface area contributed by atoms with Crippen LogP contribution in [0.1, 0.15) is 5.69 Å². The van der Waals surface area contributed by atoms with Gasteiger partial charge in [0.1, 0.15) is 10.4 Å². The Bertz CT molecular complexity index is 298. The number of halogens is 4. The number of hydrogen-bond donors (Lipinski definition) is 1. The van der Waals surface area contributed by atoms with E-state index in [0.29, 0.717) is 0 Å². The van der Waals surface area contributed by atoms with Crippen LogP contribution in [0, 0.1) is 0 Å². The van der Waals surface area contributed by atoms with Crippen molar-refractivity contribution in [3.63, 3.8) is 0 Å². The second-order valence-corrected chi connectivity index (χ2v) is 2.68. The van der Waals surface area contributed by atoms with Gasteiger partial charge in [-0.2, -0.15) is 13.2 Å². The van der Waals surface area contributed by atoms with E-state index in [4.69, 9.17) is 5.73 Å². The summed E-state index contributed by atoms with van der Waals surface area (Å²) in [5, 5.41) is 0. The van der Waals surface area contributed by atoms with Gasteiger partial charge < -0.3 is 5.73 Å². The molecule has 12 heavy (non-hydrogen) atoms. The molecule has 3 nitrogen and oxygen atoms in total. The van der Waals surface area contributed by atoms with E-state index in [1.165, 1.54) is 0 Å². The minimum atomic E-state index is -4.53. The summed E-state index contributed by atoms with van der Waals surface area (Å²) in [5.74, 6) is -0.259. The molecule has 0 saturated heterocycles. The Labute approximate surface area is 73.9 Å². The number of nitrogens with two attached hydrogens (primary N) is 1. The van der Waals surface area contributed by atoms with Crippen LogP contribution in [0.4, 0.5) is 19.0 Å². The fourth-order valence-electron chi connectivity index (χ4n) is 0.568. The molecule has 66 valence electrons. The summed E-state index contributed by atoms with van der Waals surface area (Å²) in [4.78, 5) is 6.44. The van der Waals surface area contributed by atoms with Gasteiger partial charge in [-0.25, -0.2) is 9.97 Å². The molecule has 0 unspecified atom stereocenters. The lowest BCUT2D eigenvalue weighted by Crippen LogP contribution is -2.11. The highest BCUT2D eigenvalue weighted by Crippen LogP contribution is 2.32. The van der Waals surface area contributed by atoms with Crippen LogP contribution in [0.2, 0.25) is 0 Å². The molecule has 0 fully saturated rings. The summed E-state index contributed by atoms with van der Waals surface area (Å²) >= 11 is 2.62. The maximum absolute atomic E-state index is 12.0. The molecule has 0 radical (unpaired) electrons. The zero-order valence-electron chi connectivity index (χ0n) is 5.56. The molecule has 0 aliphatic heterocycles. The molecular weight excluding hydrogens is 239 g/mol. The minimum absolute atomic E-state index is 0.259.